The van der Waals surface area contributed by atoms with E-state index in [4.69, 9.17) is 11.6 Å². The van der Waals surface area contributed by atoms with Gasteiger partial charge in [-0.05, 0) is 55.4 Å². The second kappa shape index (κ2) is 9.41. The molecule has 3 heterocycles. The summed E-state index contributed by atoms with van der Waals surface area (Å²) in [5.74, 6) is 0.232. The number of hydrogen-bond donors (Lipinski definition) is 0. The number of amides is 3. The lowest BCUT2D eigenvalue weighted by atomic mass is 9.92. The Kier molecular flexibility index (Phi) is 6.34. The third kappa shape index (κ3) is 4.20. The second-order valence-electron chi connectivity index (χ2n) is 9.78. The molecule has 3 amide bonds. The minimum atomic E-state index is -0.297. The summed E-state index contributed by atoms with van der Waals surface area (Å²) in [5, 5.41) is 0.531. The molecule has 0 aromatic heterocycles. The van der Waals surface area contributed by atoms with Crippen molar-refractivity contribution in [3.8, 4) is 0 Å². The average Bonchev–Trinajstić information content (AvgIpc) is 3.10. The van der Waals surface area contributed by atoms with Crippen LogP contribution in [0.1, 0.15) is 58.9 Å². The molecular formula is C27H30ClN3O3. The van der Waals surface area contributed by atoms with Gasteiger partial charge in [0, 0.05) is 31.2 Å². The number of benzene rings is 2. The molecule has 3 aliphatic rings. The van der Waals surface area contributed by atoms with Crippen LogP contribution in [-0.2, 0) is 11.3 Å². The van der Waals surface area contributed by atoms with Crippen molar-refractivity contribution >= 4 is 35.0 Å². The van der Waals surface area contributed by atoms with E-state index in [1.54, 1.807) is 12.1 Å². The fraction of sp³-hybridized carbons (Fsp3) is 0.444. The van der Waals surface area contributed by atoms with Gasteiger partial charge in [-0.25, -0.2) is 0 Å². The third-order valence-corrected chi connectivity index (χ3v) is 7.84. The molecule has 0 aliphatic carbocycles. The highest BCUT2D eigenvalue weighted by Gasteiger charge is 2.40. The molecule has 34 heavy (non-hydrogen) atoms. The van der Waals surface area contributed by atoms with Gasteiger partial charge in [0.15, 0.2) is 0 Å². The molecule has 2 fully saturated rings. The van der Waals surface area contributed by atoms with Crippen LogP contribution in [0.4, 0.5) is 5.69 Å². The number of anilines is 1. The fourth-order valence-corrected chi connectivity index (χ4v) is 5.60. The van der Waals surface area contributed by atoms with Crippen molar-refractivity contribution in [2.75, 3.05) is 31.1 Å². The van der Waals surface area contributed by atoms with Crippen LogP contribution in [0.5, 0.6) is 0 Å². The number of imide groups is 1. The van der Waals surface area contributed by atoms with Crippen LogP contribution in [0, 0.1) is 11.8 Å². The Bertz CT molecular complexity index is 1130. The summed E-state index contributed by atoms with van der Waals surface area (Å²) in [6, 6.07) is 12.7. The lowest BCUT2D eigenvalue weighted by molar-refractivity contribution is -0.137. The van der Waals surface area contributed by atoms with Crippen LogP contribution in [0.3, 0.4) is 0 Å². The van der Waals surface area contributed by atoms with Gasteiger partial charge in [-0.2, -0.15) is 0 Å². The summed E-state index contributed by atoms with van der Waals surface area (Å²) in [6.07, 6.45) is 3.87. The van der Waals surface area contributed by atoms with E-state index in [2.05, 4.69) is 11.8 Å². The van der Waals surface area contributed by atoms with Gasteiger partial charge in [0.1, 0.15) is 0 Å². The highest BCUT2D eigenvalue weighted by Crippen LogP contribution is 2.35. The van der Waals surface area contributed by atoms with Crippen molar-refractivity contribution in [2.24, 2.45) is 11.8 Å². The largest absolute Gasteiger partial charge is 0.370 e. The minimum absolute atomic E-state index is 0.0792. The highest BCUT2D eigenvalue weighted by molar-refractivity contribution is 6.31. The first-order valence-electron chi connectivity index (χ1n) is 12.2. The van der Waals surface area contributed by atoms with Gasteiger partial charge in [-0.15, -0.1) is 0 Å². The Hall–Kier alpha value is -2.86. The van der Waals surface area contributed by atoms with Gasteiger partial charge in [-0.3, -0.25) is 19.3 Å². The van der Waals surface area contributed by atoms with Crippen molar-refractivity contribution in [1.29, 1.82) is 0 Å². The van der Waals surface area contributed by atoms with E-state index >= 15 is 0 Å². The van der Waals surface area contributed by atoms with Gasteiger partial charge in [0.05, 0.1) is 29.3 Å². The quantitative estimate of drug-likeness (QED) is 0.601. The average molecular weight is 480 g/mol. The van der Waals surface area contributed by atoms with E-state index < -0.39 is 0 Å². The normalized spacial score (nSPS) is 21.2. The summed E-state index contributed by atoms with van der Waals surface area (Å²) in [4.78, 5) is 45.2. The van der Waals surface area contributed by atoms with E-state index in [1.807, 2.05) is 35.2 Å². The molecule has 2 aromatic rings. The first kappa shape index (κ1) is 22.9. The van der Waals surface area contributed by atoms with Gasteiger partial charge in [0.25, 0.3) is 11.8 Å². The molecule has 1 unspecified atom stereocenters. The second-order valence-corrected chi connectivity index (χ2v) is 10.2. The molecule has 0 radical (unpaired) electrons. The molecule has 7 heteroatoms. The first-order chi connectivity index (χ1) is 16.4. The standard InChI is InChI=1S/C27H30ClN3O3/c1-18-11-14-29(15-12-18)25(32)20-7-5-13-30(16-20)23-10-4-8-21-24(23)27(34)31(26(21)33)17-19-6-2-3-9-22(19)28/h2-4,6,8-10,18,20H,5,7,11-17H2,1H3. The highest BCUT2D eigenvalue weighted by atomic mass is 35.5. The van der Waals surface area contributed by atoms with E-state index in [0.717, 1.165) is 56.6 Å². The van der Waals surface area contributed by atoms with Gasteiger partial charge >= 0.3 is 0 Å². The Balaban J connectivity index is 1.36. The smallest absolute Gasteiger partial charge is 0.263 e. The molecule has 0 N–H and O–H groups in total. The fourth-order valence-electron chi connectivity index (χ4n) is 5.40. The number of nitrogens with zero attached hydrogens (tertiary/aromatic N) is 3. The van der Waals surface area contributed by atoms with Crippen molar-refractivity contribution in [3.63, 3.8) is 0 Å². The van der Waals surface area contributed by atoms with Gasteiger partial charge in [-0.1, -0.05) is 42.8 Å². The summed E-state index contributed by atoms with van der Waals surface area (Å²) in [7, 11) is 0. The number of carbonyl (C=O) groups is 3. The topological polar surface area (TPSA) is 60.9 Å². The Morgan fingerprint density at radius 2 is 1.74 bits per heavy atom. The minimum Gasteiger partial charge on any atom is -0.370 e. The van der Waals surface area contributed by atoms with Crippen LogP contribution in [0.15, 0.2) is 42.5 Å². The molecule has 0 bridgehead atoms. The lowest BCUT2D eigenvalue weighted by Crippen LogP contribution is -2.47. The molecule has 5 rings (SSSR count). The zero-order valence-electron chi connectivity index (χ0n) is 19.5. The predicted molar refractivity (Wildman–Crippen MR) is 132 cm³/mol. The number of fused-ring (bicyclic) bond motifs is 1. The molecule has 6 nitrogen and oxygen atoms in total. The summed E-state index contributed by atoms with van der Waals surface area (Å²) < 4.78 is 0. The lowest BCUT2D eigenvalue weighted by Gasteiger charge is -2.38. The Morgan fingerprint density at radius 3 is 2.50 bits per heavy atom. The third-order valence-electron chi connectivity index (χ3n) is 7.47. The van der Waals surface area contributed by atoms with Crippen molar-refractivity contribution < 1.29 is 14.4 Å². The molecule has 0 saturated carbocycles. The number of carbonyl (C=O) groups excluding carboxylic acids is 3. The molecule has 178 valence electrons. The molecular weight excluding hydrogens is 450 g/mol. The zero-order chi connectivity index (χ0) is 23.8. The van der Waals surface area contributed by atoms with Crippen molar-refractivity contribution in [2.45, 2.75) is 39.2 Å². The maximum atomic E-state index is 13.4. The van der Waals surface area contributed by atoms with Crippen LogP contribution >= 0.6 is 11.6 Å². The number of hydrogen-bond acceptors (Lipinski definition) is 4. The monoisotopic (exact) mass is 479 g/mol. The Morgan fingerprint density at radius 1 is 0.971 bits per heavy atom. The Labute approximate surface area is 205 Å². The van der Waals surface area contributed by atoms with Crippen molar-refractivity contribution in [3.05, 3.63) is 64.2 Å². The van der Waals surface area contributed by atoms with E-state index in [0.29, 0.717) is 28.6 Å². The van der Waals surface area contributed by atoms with E-state index in [-0.39, 0.29) is 30.2 Å². The molecule has 3 aliphatic heterocycles. The predicted octanol–water partition coefficient (Wildman–Crippen LogP) is 4.61. The van der Waals surface area contributed by atoms with Crippen LogP contribution in [0.2, 0.25) is 5.02 Å². The number of halogens is 1. The molecule has 2 aromatic carbocycles. The summed E-state index contributed by atoms with van der Waals surface area (Å²) >= 11 is 6.29. The first-order valence-corrected chi connectivity index (χ1v) is 12.6. The molecule has 1 atom stereocenters. The number of likely N-dealkylation sites (tertiary alicyclic amines) is 1. The number of rotatable bonds is 4. The maximum absolute atomic E-state index is 13.4. The van der Waals surface area contributed by atoms with Crippen LogP contribution in [-0.4, -0.2) is 53.7 Å². The maximum Gasteiger partial charge on any atom is 0.263 e. The van der Waals surface area contributed by atoms with Gasteiger partial charge < -0.3 is 9.80 Å². The van der Waals surface area contributed by atoms with E-state index in [9.17, 15) is 14.4 Å². The summed E-state index contributed by atoms with van der Waals surface area (Å²) in [5.41, 5.74) is 2.36. The van der Waals surface area contributed by atoms with E-state index in [1.165, 1.54) is 4.90 Å². The SMILES string of the molecule is CC1CCN(C(=O)C2CCCN(c3cccc4c3C(=O)N(Cc3ccccc3Cl)C4=O)C2)CC1. The molecule has 2 saturated heterocycles. The van der Waals surface area contributed by atoms with Crippen molar-refractivity contribution in [1.82, 2.24) is 9.80 Å². The van der Waals surface area contributed by atoms with Crippen LogP contribution in [0.25, 0.3) is 0 Å². The zero-order valence-corrected chi connectivity index (χ0v) is 20.3. The molecule has 0 spiro atoms. The van der Waals surface area contributed by atoms with Crippen LogP contribution < -0.4 is 4.90 Å². The summed E-state index contributed by atoms with van der Waals surface area (Å²) in [6.45, 7) is 5.40. The number of piperidine rings is 2. The van der Waals surface area contributed by atoms with Gasteiger partial charge in [0.2, 0.25) is 5.91 Å².